The van der Waals surface area contributed by atoms with Gasteiger partial charge in [-0.25, -0.2) is 0 Å². The number of nitrogens with zero attached hydrogens (tertiary/aromatic N) is 1. The predicted molar refractivity (Wildman–Crippen MR) is 45.8 cm³/mol. The molecule has 58 valence electrons. The van der Waals surface area contributed by atoms with Crippen LogP contribution in [0, 0.1) is 0 Å². The van der Waals surface area contributed by atoms with Crippen molar-refractivity contribution in [3.8, 4) is 0 Å². The molecule has 1 saturated carbocycles. The third-order valence-electron chi connectivity index (χ3n) is 2.42. The van der Waals surface area contributed by atoms with Crippen molar-refractivity contribution in [3.63, 3.8) is 0 Å². The molecule has 0 aromatic carbocycles. The SMILES string of the molecule is CC1(c2ccncc2Cl)CC1. The van der Waals surface area contributed by atoms with E-state index in [1.807, 2.05) is 12.3 Å². The summed E-state index contributed by atoms with van der Waals surface area (Å²) in [6.07, 6.45) is 6.05. The van der Waals surface area contributed by atoms with Crippen LogP contribution in [-0.4, -0.2) is 4.98 Å². The van der Waals surface area contributed by atoms with Crippen LogP contribution in [0.15, 0.2) is 18.5 Å². The zero-order valence-corrected chi connectivity index (χ0v) is 7.23. The molecule has 0 amide bonds. The average molecular weight is 168 g/mol. The topological polar surface area (TPSA) is 12.9 Å². The second kappa shape index (κ2) is 2.21. The summed E-state index contributed by atoms with van der Waals surface area (Å²) in [5, 5.41) is 0.813. The van der Waals surface area contributed by atoms with Gasteiger partial charge < -0.3 is 0 Å². The summed E-state index contributed by atoms with van der Waals surface area (Å²) in [7, 11) is 0. The quantitative estimate of drug-likeness (QED) is 0.627. The highest BCUT2D eigenvalue weighted by atomic mass is 35.5. The average Bonchev–Trinajstić information content (AvgIpc) is 2.70. The van der Waals surface area contributed by atoms with Crippen molar-refractivity contribution < 1.29 is 0 Å². The molecule has 1 aromatic rings. The van der Waals surface area contributed by atoms with Crippen molar-refractivity contribution >= 4 is 11.6 Å². The summed E-state index contributed by atoms with van der Waals surface area (Å²) in [4.78, 5) is 3.95. The number of rotatable bonds is 1. The van der Waals surface area contributed by atoms with Gasteiger partial charge in [0.25, 0.3) is 0 Å². The third kappa shape index (κ3) is 1.14. The second-order valence-electron chi connectivity index (χ2n) is 3.42. The van der Waals surface area contributed by atoms with Gasteiger partial charge in [0, 0.05) is 12.4 Å². The lowest BCUT2D eigenvalue weighted by molar-refractivity contribution is 0.785. The Morgan fingerprint density at radius 3 is 2.82 bits per heavy atom. The minimum atomic E-state index is 0.361. The zero-order valence-electron chi connectivity index (χ0n) is 6.47. The minimum absolute atomic E-state index is 0.361. The summed E-state index contributed by atoms with van der Waals surface area (Å²) < 4.78 is 0. The first-order valence-electron chi connectivity index (χ1n) is 3.82. The van der Waals surface area contributed by atoms with Crippen molar-refractivity contribution in [3.05, 3.63) is 29.0 Å². The molecule has 0 spiro atoms. The molecule has 0 atom stereocenters. The Hall–Kier alpha value is -0.560. The number of halogens is 1. The van der Waals surface area contributed by atoms with Crippen LogP contribution in [0.3, 0.4) is 0 Å². The molecule has 0 bridgehead atoms. The van der Waals surface area contributed by atoms with Gasteiger partial charge in [0.1, 0.15) is 0 Å². The first kappa shape index (κ1) is 7.11. The molecule has 2 rings (SSSR count). The lowest BCUT2D eigenvalue weighted by atomic mass is 10.0. The Labute approximate surface area is 71.4 Å². The highest BCUT2D eigenvalue weighted by Crippen LogP contribution is 2.49. The van der Waals surface area contributed by atoms with E-state index in [0.717, 1.165) is 5.02 Å². The molecule has 1 fully saturated rings. The van der Waals surface area contributed by atoms with E-state index in [4.69, 9.17) is 11.6 Å². The fourth-order valence-corrected chi connectivity index (χ4v) is 1.67. The van der Waals surface area contributed by atoms with Gasteiger partial charge in [-0.3, -0.25) is 4.98 Å². The van der Waals surface area contributed by atoms with E-state index < -0.39 is 0 Å². The molecule has 1 aliphatic rings. The molecule has 0 unspecified atom stereocenters. The molecule has 11 heavy (non-hydrogen) atoms. The minimum Gasteiger partial charge on any atom is -0.263 e. The van der Waals surface area contributed by atoms with Crippen LogP contribution in [0.5, 0.6) is 0 Å². The smallest absolute Gasteiger partial charge is 0.0626 e. The lowest BCUT2D eigenvalue weighted by Gasteiger charge is -2.08. The first-order chi connectivity index (χ1) is 5.22. The van der Waals surface area contributed by atoms with Gasteiger partial charge >= 0.3 is 0 Å². The van der Waals surface area contributed by atoms with E-state index in [9.17, 15) is 0 Å². The summed E-state index contributed by atoms with van der Waals surface area (Å²) in [6, 6.07) is 2.02. The van der Waals surface area contributed by atoms with Gasteiger partial charge in [-0.05, 0) is 29.9 Å². The first-order valence-corrected chi connectivity index (χ1v) is 4.20. The van der Waals surface area contributed by atoms with Crippen molar-refractivity contribution in [1.82, 2.24) is 4.98 Å². The Morgan fingerprint density at radius 2 is 2.27 bits per heavy atom. The van der Waals surface area contributed by atoms with E-state index in [2.05, 4.69) is 11.9 Å². The highest BCUT2D eigenvalue weighted by Gasteiger charge is 2.40. The molecule has 1 aromatic heterocycles. The normalized spacial score (nSPS) is 19.8. The van der Waals surface area contributed by atoms with Crippen molar-refractivity contribution in [2.24, 2.45) is 0 Å². The maximum atomic E-state index is 5.99. The van der Waals surface area contributed by atoms with Crippen molar-refractivity contribution in [2.45, 2.75) is 25.2 Å². The molecule has 0 aliphatic heterocycles. The molecule has 1 nitrogen and oxygen atoms in total. The lowest BCUT2D eigenvalue weighted by Crippen LogP contribution is -2.00. The molecular formula is C9H10ClN. The largest absolute Gasteiger partial charge is 0.263 e. The maximum Gasteiger partial charge on any atom is 0.0626 e. The molecule has 2 heteroatoms. The molecule has 1 aliphatic carbocycles. The Balaban J connectivity index is 2.45. The summed E-state index contributed by atoms with van der Waals surface area (Å²) in [5.74, 6) is 0. The summed E-state index contributed by atoms with van der Waals surface area (Å²) in [6.45, 7) is 2.24. The molecule has 1 heterocycles. The number of aromatic nitrogens is 1. The zero-order chi connectivity index (χ0) is 7.90. The highest BCUT2D eigenvalue weighted by molar-refractivity contribution is 6.31. The standard InChI is InChI=1S/C9H10ClN/c1-9(3-4-9)7-2-5-11-6-8(7)10/h2,5-6H,3-4H2,1H3. The fourth-order valence-electron chi connectivity index (χ4n) is 1.32. The van der Waals surface area contributed by atoms with E-state index in [0.29, 0.717) is 5.41 Å². The number of hydrogen-bond donors (Lipinski definition) is 0. The Bertz CT molecular complexity index is 279. The van der Waals surface area contributed by atoms with E-state index in [1.165, 1.54) is 18.4 Å². The van der Waals surface area contributed by atoms with Crippen LogP contribution in [0.2, 0.25) is 5.02 Å². The summed E-state index contributed by atoms with van der Waals surface area (Å²) in [5.41, 5.74) is 1.62. The van der Waals surface area contributed by atoms with Gasteiger partial charge in [0.2, 0.25) is 0 Å². The second-order valence-corrected chi connectivity index (χ2v) is 3.82. The van der Waals surface area contributed by atoms with Crippen LogP contribution < -0.4 is 0 Å². The van der Waals surface area contributed by atoms with Crippen molar-refractivity contribution in [1.29, 1.82) is 0 Å². The maximum absolute atomic E-state index is 5.99. The van der Waals surface area contributed by atoms with Crippen LogP contribution in [0.1, 0.15) is 25.3 Å². The van der Waals surface area contributed by atoms with E-state index >= 15 is 0 Å². The number of pyridine rings is 1. The predicted octanol–water partition coefficient (Wildman–Crippen LogP) is 2.79. The number of hydrogen-bond acceptors (Lipinski definition) is 1. The van der Waals surface area contributed by atoms with E-state index in [1.54, 1.807) is 6.20 Å². The van der Waals surface area contributed by atoms with Gasteiger partial charge in [0.05, 0.1) is 5.02 Å². The van der Waals surface area contributed by atoms with Crippen LogP contribution in [0.25, 0.3) is 0 Å². The Kier molecular flexibility index (Phi) is 1.43. The summed E-state index contributed by atoms with van der Waals surface area (Å²) >= 11 is 5.99. The van der Waals surface area contributed by atoms with Gasteiger partial charge in [0.15, 0.2) is 0 Å². The van der Waals surface area contributed by atoms with Gasteiger partial charge in [-0.1, -0.05) is 18.5 Å². The molecular weight excluding hydrogens is 158 g/mol. The van der Waals surface area contributed by atoms with Crippen LogP contribution in [-0.2, 0) is 5.41 Å². The fraction of sp³-hybridized carbons (Fsp3) is 0.444. The van der Waals surface area contributed by atoms with E-state index in [-0.39, 0.29) is 0 Å². The monoisotopic (exact) mass is 167 g/mol. The van der Waals surface area contributed by atoms with Gasteiger partial charge in [-0.15, -0.1) is 0 Å². The molecule has 0 radical (unpaired) electrons. The molecule has 0 N–H and O–H groups in total. The third-order valence-corrected chi connectivity index (χ3v) is 2.72. The van der Waals surface area contributed by atoms with Crippen LogP contribution in [0.4, 0.5) is 0 Å². The van der Waals surface area contributed by atoms with Gasteiger partial charge in [-0.2, -0.15) is 0 Å². The van der Waals surface area contributed by atoms with Crippen LogP contribution >= 0.6 is 11.6 Å². The molecule has 0 saturated heterocycles. The Morgan fingerprint density at radius 1 is 1.55 bits per heavy atom. The van der Waals surface area contributed by atoms with Crippen molar-refractivity contribution in [2.75, 3.05) is 0 Å².